The van der Waals surface area contributed by atoms with Crippen molar-refractivity contribution in [2.24, 2.45) is 0 Å². The monoisotopic (exact) mass is 261 g/mol. The van der Waals surface area contributed by atoms with E-state index >= 15 is 0 Å². The smallest absolute Gasteiger partial charge is 0.344 e. The molecule has 100 valence electrons. The highest BCUT2D eigenvalue weighted by Crippen LogP contribution is 2.32. The summed E-state index contributed by atoms with van der Waals surface area (Å²) in [6.45, 7) is 1.64. The van der Waals surface area contributed by atoms with E-state index in [1.54, 1.807) is 6.92 Å². The van der Waals surface area contributed by atoms with E-state index in [2.05, 4.69) is 4.98 Å². The van der Waals surface area contributed by atoms with Crippen LogP contribution in [0.3, 0.4) is 0 Å². The minimum absolute atomic E-state index is 0.0596. The Morgan fingerprint density at radius 3 is 2.50 bits per heavy atom. The zero-order valence-electron chi connectivity index (χ0n) is 10.2. The van der Waals surface area contributed by atoms with Gasteiger partial charge in [0.1, 0.15) is 17.0 Å². The van der Waals surface area contributed by atoms with Crippen molar-refractivity contribution >= 4 is 5.97 Å². The molecule has 1 rings (SSSR count). The summed E-state index contributed by atoms with van der Waals surface area (Å²) in [5.74, 6) is -1.02. The van der Waals surface area contributed by atoms with Crippen molar-refractivity contribution in [2.45, 2.75) is 13.3 Å². The van der Waals surface area contributed by atoms with Gasteiger partial charge in [0.2, 0.25) is 5.88 Å². The second-order valence-corrected chi connectivity index (χ2v) is 3.15. The number of hydrogen-bond acceptors (Lipinski definition) is 5. The Morgan fingerprint density at radius 1 is 1.39 bits per heavy atom. The van der Waals surface area contributed by atoms with Gasteiger partial charge in [0.05, 0.1) is 20.8 Å². The zero-order valence-corrected chi connectivity index (χ0v) is 10.2. The standard InChI is InChI=1S/C11H13F2NO4/c1-4-18-11(15)8-6(16-2)5-7(17-3)14-9(8)10(12)13/h5,10H,4H2,1-3H3. The lowest BCUT2D eigenvalue weighted by Crippen LogP contribution is -2.12. The van der Waals surface area contributed by atoms with Gasteiger partial charge in [0.15, 0.2) is 0 Å². The predicted octanol–water partition coefficient (Wildman–Crippen LogP) is 2.21. The van der Waals surface area contributed by atoms with Crippen molar-refractivity contribution in [3.05, 3.63) is 17.3 Å². The van der Waals surface area contributed by atoms with Crippen LogP contribution >= 0.6 is 0 Å². The number of aromatic nitrogens is 1. The fraction of sp³-hybridized carbons (Fsp3) is 0.455. The van der Waals surface area contributed by atoms with Gasteiger partial charge in [-0.05, 0) is 6.92 Å². The van der Waals surface area contributed by atoms with E-state index in [9.17, 15) is 13.6 Å². The lowest BCUT2D eigenvalue weighted by Gasteiger charge is -2.13. The SMILES string of the molecule is CCOC(=O)c1c(OC)cc(OC)nc1C(F)F. The van der Waals surface area contributed by atoms with E-state index < -0.39 is 18.1 Å². The number of carbonyl (C=O) groups is 1. The summed E-state index contributed by atoms with van der Waals surface area (Å²) in [4.78, 5) is 15.2. The summed E-state index contributed by atoms with van der Waals surface area (Å²) in [7, 11) is 2.54. The van der Waals surface area contributed by atoms with Crippen molar-refractivity contribution in [1.82, 2.24) is 4.98 Å². The fourth-order valence-corrected chi connectivity index (χ4v) is 1.35. The van der Waals surface area contributed by atoms with Crippen LogP contribution < -0.4 is 9.47 Å². The Bertz CT molecular complexity index is 437. The first-order valence-electron chi connectivity index (χ1n) is 5.13. The summed E-state index contributed by atoms with van der Waals surface area (Å²) in [5.41, 5.74) is -1.10. The van der Waals surface area contributed by atoms with E-state index in [1.165, 1.54) is 20.3 Å². The van der Waals surface area contributed by atoms with Crippen LogP contribution in [-0.2, 0) is 4.74 Å². The maximum atomic E-state index is 12.9. The molecule has 18 heavy (non-hydrogen) atoms. The van der Waals surface area contributed by atoms with Crippen LogP contribution in [-0.4, -0.2) is 31.8 Å². The van der Waals surface area contributed by atoms with Crippen molar-refractivity contribution in [3.8, 4) is 11.6 Å². The molecule has 0 aliphatic heterocycles. The molecule has 0 aliphatic carbocycles. The number of nitrogens with zero attached hydrogens (tertiary/aromatic N) is 1. The molecule has 0 aliphatic rings. The Hall–Kier alpha value is -1.92. The summed E-state index contributed by atoms with van der Waals surface area (Å²) in [5, 5.41) is 0. The summed E-state index contributed by atoms with van der Waals surface area (Å²) < 4.78 is 40.1. The normalized spacial score (nSPS) is 10.3. The molecular weight excluding hydrogens is 248 g/mol. The molecule has 0 unspecified atom stereocenters. The third kappa shape index (κ3) is 2.85. The van der Waals surface area contributed by atoms with E-state index in [-0.39, 0.29) is 23.8 Å². The number of pyridine rings is 1. The van der Waals surface area contributed by atoms with Crippen LogP contribution in [0.1, 0.15) is 29.4 Å². The molecule has 0 spiro atoms. The Kier molecular flexibility index (Phi) is 4.82. The molecular formula is C11H13F2NO4. The van der Waals surface area contributed by atoms with Gasteiger partial charge >= 0.3 is 5.97 Å². The van der Waals surface area contributed by atoms with E-state index in [4.69, 9.17) is 14.2 Å². The fourth-order valence-electron chi connectivity index (χ4n) is 1.35. The first-order chi connectivity index (χ1) is 8.54. The minimum atomic E-state index is -2.94. The first-order valence-corrected chi connectivity index (χ1v) is 5.13. The van der Waals surface area contributed by atoms with Crippen molar-refractivity contribution in [1.29, 1.82) is 0 Å². The zero-order chi connectivity index (χ0) is 13.7. The number of halogens is 2. The molecule has 0 atom stereocenters. The van der Waals surface area contributed by atoms with Gasteiger partial charge in [0, 0.05) is 6.07 Å². The molecule has 5 nitrogen and oxygen atoms in total. The maximum absolute atomic E-state index is 12.9. The van der Waals surface area contributed by atoms with Crippen LogP contribution in [0.2, 0.25) is 0 Å². The molecule has 0 fully saturated rings. The quantitative estimate of drug-likeness (QED) is 0.760. The Labute approximate surface area is 103 Å². The number of rotatable bonds is 5. The van der Waals surface area contributed by atoms with Gasteiger partial charge in [-0.25, -0.2) is 18.6 Å². The second-order valence-electron chi connectivity index (χ2n) is 3.15. The highest BCUT2D eigenvalue weighted by molar-refractivity contribution is 5.94. The van der Waals surface area contributed by atoms with Gasteiger partial charge in [-0.15, -0.1) is 0 Å². The molecule has 1 aromatic heterocycles. The number of hydrogen-bond donors (Lipinski definition) is 0. The van der Waals surface area contributed by atoms with Crippen LogP contribution in [0.4, 0.5) is 8.78 Å². The van der Waals surface area contributed by atoms with Gasteiger partial charge in [-0.1, -0.05) is 0 Å². The largest absolute Gasteiger partial charge is 0.496 e. The van der Waals surface area contributed by atoms with Crippen LogP contribution in [0.5, 0.6) is 11.6 Å². The van der Waals surface area contributed by atoms with Gasteiger partial charge in [-0.3, -0.25) is 0 Å². The number of esters is 1. The number of carbonyl (C=O) groups excluding carboxylic acids is 1. The van der Waals surface area contributed by atoms with Crippen LogP contribution in [0.25, 0.3) is 0 Å². The molecule has 1 aromatic rings. The first kappa shape index (κ1) is 14.1. The van der Waals surface area contributed by atoms with Gasteiger partial charge < -0.3 is 14.2 Å². The Morgan fingerprint density at radius 2 is 2.06 bits per heavy atom. The molecule has 0 radical (unpaired) electrons. The lowest BCUT2D eigenvalue weighted by atomic mass is 10.1. The molecule has 0 saturated carbocycles. The topological polar surface area (TPSA) is 57.7 Å². The summed E-state index contributed by atoms with van der Waals surface area (Å²) in [6.07, 6.45) is -2.94. The Balaban J connectivity index is 3.39. The van der Waals surface area contributed by atoms with Crippen LogP contribution in [0, 0.1) is 0 Å². The highest BCUT2D eigenvalue weighted by Gasteiger charge is 2.27. The van der Waals surface area contributed by atoms with Crippen molar-refractivity contribution < 1.29 is 27.8 Å². The molecule has 7 heteroatoms. The average molecular weight is 261 g/mol. The molecule has 0 bridgehead atoms. The third-order valence-corrected chi connectivity index (χ3v) is 2.10. The van der Waals surface area contributed by atoms with Crippen molar-refractivity contribution in [2.75, 3.05) is 20.8 Å². The number of ether oxygens (including phenoxy) is 3. The molecule has 0 saturated heterocycles. The second kappa shape index (κ2) is 6.13. The highest BCUT2D eigenvalue weighted by atomic mass is 19.3. The van der Waals surface area contributed by atoms with Crippen LogP contribution in [0.15, 0.2) is 6.07 Å². The third-order valence-electron chi connectivity index (χ3n) is 2.10. The average Bonchev–Trinajstić information content (AvgIpc) is 2.37. The van der Waals surface area contributed by atoms with Crippen molar-refractivity contribution in [3.63, 3.8) is 0 Å². The van der Waals surface area contributed by atoms with Gasteiger partial charge in [0.25, 0.3) is 6.43 Å². The lowest BCUT2D eigenvalue weighted by molar-refractivity contribution is 0.0508. The summed E-state index contributed by atoms with van der Waals surface area (Å²) >= 11 is 0. The number of methoxy groups -OCH3 is 2. The number of alkyl halides is 2. The van der Waals surface area contributed by atoms with E-state index in [0.29, 0.717) is 0 Å². The minimum Gasteiger partial charge on any atom is -0.496 e. The molecule has 0 N–H and O–H groups in total. The predicted molar refractivity (Wildman–Crippen MR) is 58.3 cm³/mol. The molecule has 1 heterocycles. The summed E-state index contributed by atoms with van der Waals surface area (Å²) in [6, 6.07) is 1.25. The van der Waals surface area contributed by atoms with E-state index in [1.807, 2.05) is 0 Å². The van der Waals surface area contributed by atoms with Gasteiger partial charge in [-0.2, -0.15) is 0 Å². The molecule has 0 aromatic carbocycles. The molecule has 0 amide bonds. The maximum Gasteiger partial charge on any atom is 0.344 e. The van der Waals surface area contributed by atoms with E-state index in [0.717, 1.165) is 0 Å².